The molecule has 0 radical (unpaired) electrons. The third kappa shape index (κ3) is 3.44. The van der Waals surface area contributed by atoms with Crippen molar-refractivity contribution in [3.8, 4) is 0 Å². The Hall–Kier alpha value is -1.36. The minimum absolute atomic E-state index is 0.197. The second-order valence-corrected chi connectivity index (χ2v) is 7.22. The van der Waals surface area contributed by atoms with Crippen molar-refractivity contribution in [3.05, 3.63) is 17.5 Å². The quantitative estimate of drug-likeness (QED) is 0.857. The van der Waals surface area contributed by atoms with E-state index >= 15 is 0 Å². The van der Waals surface area contributed by atoms with E-state index in [1.54, 1.807) is 7.11 Å². The predicted molar refractivity (Wildman–Crippen MR) is 89.1 cm³/mol. The van der Waals surface area contributed by atoms with E-state index in [2.05, 4.69) is 25.1 Å². The topological polar surface area (TPSA) is 47.4 Å². The molecule has 0 spiro atoms. The summed E-state index contributed by atoms with van der Waals surface area (Å²) >= 11 is 0. The van der Waals surface area contributed by atoms with Gasteiger partial charge in [-0.25, -0.2) is 0 Å². The Bertz CT molecular complexity index is 546. The van der Waals surface area contributed by atoms with Crippen LogP contribution in [0.25, 0.3) is 0 Å². The Labute approximate surface area is 139 Å². The first-order valence-corrected chi connectivity index (χ1v) is 8.96. The van der Waals surface area contributed by atoms with Crippen molar-refractivity contribution >= 4 is 5.91 Å². The third-order valence-electron chi connectivity index (χ3n) is 5.43. The number of carbonyl (C=O) groups excluding carboxylic acids is 1. The molecule has 0 N–H and O–H groups in total. The summed E-state index contributed by atoms with van der Waals surface area (Å²) in [4.78, 5) is 15.0. The van der Waals surface area contributed by atoms with Crippen LogP contribution in [0.4, 0.5) is 0 Å². The van der Waals surface area contributed by atoms with Crippen LogP contribution in [-0.4, -0.2) is 40.8 Å². The molecular weight excluding hydrogens is 290 g/mol. The van der Waals surface area contributed by atoms with Crippen molar-refractivity contribution in [2.24, 2.45) is 11.8 Å². The molecular formula is C18H29N3O2. The fourth-order valence-electron chi connectivity index (χ4n) is 3.99. The van der Waals surface area contributed by atoms with E-state index in [0.717, 1.165) is 37.5 Å². The van der Waals surface area contributed by atoms with Gasteiger partial charge in [0.05, 0.1) is 12.3 Å². The summed E-state index contributed by atoms with van der Waals surface area (Å²) in [5.41, 5.74) is 2.31. The van der Waals surface area contributed by atoms with Gasteiger partial charge in [0.1, 0.15) is 0 Å². The van der Waals surface area contributed by atoms with E-state index in [1.165, 1.54) is 18.4 Å². The van der Waals surface area contributed by atoms with E-state index in [1.807, 2.05) is 9.58 Å². The molecule has 1 aromatic heterocycles. The van der Waals surface area contributed by atoms with Gasteiger partial charge >= 0.3 is 0 Å². The van der Waals surface area contributed by atoms with Crippen LogP contribution in [0.15, 0.2) is 6.20 Å². The number of aromatic nitrogens is 2. The summed E-state index contributed by atoms with van der Waals surface area (Å²) in [6, 6.07) is 0. The molecule has 1 saturated carbocycles. The lowest BCUT2D eigenvalue weighted by Crippen LogP contribution is -2.43. The van der Waals surface area contributed by atoms with Crippen molar-refractivity contribution in [1.29, 1.82) is 0 Å². The zero-order chi connectivity index (χ0) is 16.4. The van der Waals surface area contributed by atoms with Gasteiger partial charge in [0.25, 0.3) is 0 Å². The first-order chi connectivity index (χ1) is 11.1. The highest BCUT2D eigenvalue weighted by atomic mass is 16.5. The fourth-order valence-corrected chi connectivity index (χ4v) is 3.99. The molecule has 23 heavy (non-hydrogen) atoms. The Kier molecular flexibility index (Phi) is 5.05. The SMILES string of the molecule is CCn1cc2c(n1)C(COC)CN(C(=O)C1CCC(C)CC1)C2. The molecule has 0 aromatic carbocycles. The third-order valence-corrected chi connectivity index (χ3v) is 5.43. The van der Waals surface area contributed by atoms with Crippen LogP contribution >= 0.6 is 0 Å². The minimum Gasteiger partial charge on any atom is -0.384 e. The number of hydrogen-bond donors (Lipinski definition) is 0. The van der Waals surface area contributed by atoms with E-state index in [0.29, 0.717) is 19.1 Å². The highest BCUT2D eigenvalue weighted by molar-refractivity contribution is 5.79. The fraction of sp³-hybridized carbons (Fsp3) is 0.778. The summed E-state index contributed by atoms with van der Waals surface area (Å²) in [7, 11) is 1.72. The van der Waals surface area contributed by atoms with Gasteiger partial charge in [-0.3, -0.25) is 9.48 Å². The standard InChI is InChI=1S/C18H29N3O2/c1-4-21-11-15-9-20(10-16(12-23-3)17(15)19-21)18(22)14-7-5-13(2)6-8-14/h11,13-14,16H,4-10,12H2,1-3H3. The average molecular weight is 319 g/mol. The van der Waals surface area contributed by atoms with Gasteiger partial charge in [-0.1, -0.05) is 6.92 Å². The average Bonchev–Trinajstić information content (AvgIpc) is 2.98. The van der Waals surface area contributed by atoms with E-state index < -0.39 is 0 Å². The number of rotatable bonds is 4. The maximum atomic E-state index is 13.0. The van der Waals surface area contributed by atoms with Gasteiger partial charge in [-0.2, -0.15) is 5.10 Å². The number of amides is 1. The molecule has 0 saturated heterocycles. The highest BCUT2D eigenvalue weighted by Crippen LogP contribution is 2.33. The molecule has 2 heterocycles. The van der Waals surface area contributed by atoms with E-state index in [4.69, 9.17) is 4.74 Å². The number of carbonyl (C=O) groups is 1. The molecule has 1 aliphatic carbocycles. The zero-order valence-corrected chi connectivity index (χ0v) is 14.6. The summed E-state index contributed by atoms with van der Waals surface area (Å²) in [6.45, 7) is 7.32. The van der Waals surface area contributed by atoms with Crippen LogP contribution in [0.3, 0.4) is 0 Å². The molecule has 1 unspecified atom stereocenters. The summed E-state index contributed by atoms with van der Waals surface area (Å²) in [5.74, 6) is 1.53. The predicted octanol–water partition coefficient (Wildman–Crippen LogP) is 2.80. The van der Waals surface area contributed by atoms with Gasteiger partial charge in [0.2, 0.25) is 5.91 Å². The van der Waals surface area contributed by atoms with E-state index in [9.17, 15) is 4.79 Å². The second kappa shape index (κ2) is 7.04. The van der Waals surface area contributed by atoms with Gasteiger partial charge in [0, 0.05) is 50.3 Å². The van der Waals surface area contributed by atoms with Crippen LogP contribution in [0.5, 0.6) is 0 Å². The number of hydrogen-bond acceptors (Lipinski definition) is 3. The first kappa shape index (κ1) is 16.5. The van der Waals surface area contributed by atoms with Gasteiger partial charge in [-0.05, 0) is 38.5 Å². The maximum Gasteiger partial charge on any atom is 0.226 e. The highest BCUT2D eigenvalue weighted by Gasteiger charge is 2.34. The van der Waals surface area contributed by atoms with Crippen molar-refractivity contribution in [2.75, 3.05) is 20.3 Å². The Morgan fingerprint density at radius 3 is 2.74 bits per heavy atom. The molecule has 3 rings (SSSR count). The van der Waals surface area contributed by atoms with E-state index in [-0.39, 0.29) is 11.8 Å². The van der Waals surface area contributed by atoms with Crippen LogP contribution in [-0.2, 0) is 22.6 Å². The summed E-state index contributed by atoms with van der Waals surface area (Å²) in [6.07, 6.45) is 6.56. The molecule has 5 nitrogen and oxygen atoms in total. The van der Waals surface area contributed by atoms with Crippen LogP contribution in [0.2, 0.25) is 0 Å². The molecule has 1 fully saturated rings. The van der Waals surface area contributed by atoms with Crippen LogP contribution in [0.1, 0.15) is 56.7 Å². The molecule has 5 heteroatoms. The lowest BCUT2D eigenvalue weighted by molar-refractivity contribution is -0.138. The molecule has 0 bridgehead atoms. The smallest absolute Gasteiger partial charge is 0.226 e. The zero-order valence-electron chi connectivity index (χ0n) is 14.6. The lowest BCUT2D eigenvalue weighted by atomic mass is 9.82. The number of ether oxygens (including phenoxy) is 1. The lowest BCUT2D eigenvalue weighted by Gasteiger charge is -2.35. The number of fused-ring (bicyclic) bond motifs is 1. The molecule has 2 aliphatic rings. The largest absolute Gasteiger partial charge is 0.384 e. The van der Waals surface area contributed by atoms with Crippen molar-refractivity contribution in [1.82, 2.24) is 14.7 Å². The second-order valence-electron chi connectivity index (χ2n) is 7.22. The Balaban J connectivity index is 1.75. The Morgan fingerprint density at radius 2 is 2.09 bits per heavy atom. The van der Waals surface area contributed by atoms with Crippen molar-refractivity contribution < 1.29 is 9.53 Å². The number of nitrogens with zero attached hydrogens (tertiary/aromatic N) is 3. The van der Waals surface area contributed by atoms with Gasteiger partial charge in [0.15, 0.2) is 0 Å². The molecule has 1 atom stereocenters. The Morgan fingerprint density at radius 1 is 1.35 bits per heavy atom. The van der Waals surface area contributed by atoms with Gasteiger partial charge < -0.3 is 9.64 Å². The molecule has 1 aliphatic heterocycles. The van der Waals surface area contributed by atoms with Crippen molar-refractivity contribution in [3.63, 3.8) is 0 Å². The summed E-state index contributed by atoms with van der Waals surface area (Å²) in [5, 5.41) is 4.68. The monoisotopic (exact) mass is 319 g/mol. The summed E-state index contributed by atoms with van der Waals surface area (Å²) < 4.78 is 7.36. The number of methoxy groups -OCH3 is 1. The van der Waals surface area contributed by atoms with Crippen LogP contribution in [0, 0.1) is 11.8 Å². The molecule has 1 amide bonds. The first-order valence-electron chi connectivity index (χ1n) is 8.96. The van der Waals surface area contributed by atoms with Crippen LogP contribution < -0.4 is 0 Å². The maximum absolute atomic E-state index is 13.0. The minimum atomic E-state index is 0.197. The number of aryl methyl sites for hydroxylation is 1. The normalized spacial score (nSPS) is 27.8. The molecule has 128 valence electrons. The molecule has 1 aromatic rings. The van der Waals surface area contributed by atoms with Crippen molar-refractivity contribution in [2.45, 2.75) is 58.5 Å². The van der Waals surface area contributed by atoms with Gasteiger partial charge in [-0.15, -0.1) is 0 Å².